The maximum Gasteiger partial charge on any atom is 0.0791 e. The molecule has 4 heteroatoms. The minimum absolute atomic E-state index is 0.101. The van der Waals surface area contributed by atoms with Crippen molar-refractivity contribution in [2.75, 3.05) is 32.8 Å². The first-order chi connectivity index (χ1) is 7.58. The van der Waals surface area contributed by atoms with E-state index in [4.69, 9.17) is 4.74 Å². The van der Waals surface area contributed by atoms with Gasteiger partial charge in [0.2, 0.25) is 0 Å². The quantitative estimate of drug-likeness (QED) is 0.709. The van der Waals surface area contributed by atoms with Crippen molar-refractivity contribution in [1.82, 2.24) is 10.2 Å². The molecule has 0 aromatic rings. The van der Waals surface area contributed by atoms with E-state index in [0.29, 0.717) is 12.6 Å². The van der Waals surface area contributed by atoms with Gasteiger partial charge in [-0.15, -0.1) is 0 Å². The van der Waals surface area contributed by atoms with Gasteiger partial charge in [0.25, 0.3) is 0 Å². The van der Waals surface area contributed by atoms with Gasteiger partial charge in [-0.25, -0.2) is 0 Å². The van der Waals surface area contributed by atoms with E-state index in [1.165, 1.54) is 6.42 Å². The van der Waals surface area contributed by atoms with Crippen molar-refractivity contribution in [3.63, 3.8) is 0 Å². The molecule has 2 unspecified atom stereocenters. The molecule has 0 amide bonds. The molecule has 2 atom stereocenters. The summed E-state index contributed by atoms with van der Waals surface area (Å²) in [6.07, 6.45) is 2.45. The lowest BCUT2D eigenvalue weighted by molar-refractivity contribution is 0.0182. The first-order valence-corrected chi connectivity index (χ1v) is 6.33. The predicted octanol–water partition coefficient (Wildman–Crippen LogP) is 0.210. The average molecular weight is 228 g/mol. The zero-order chi connectivity index (χ0) is 11.6. The van der Waals surface area contributed by atoms with Crippen LogP contribution in [0.2, 0.25) is 0 Å². The highest BCUT2D eigenvalue weighted by Gasteiger charge is 2.33. The van der Waals surface area contributed by atoms with E-state index in [2.05, 4.69) is 24.1 Å². The van der Waals surface area contributed by atoms with Gasteiger partial charge < -0.3 is 15.2 Å². The van der Waals surface area contributed by atoms with Crippen LogP contribution in [0, 0.1) is 0 Å². The highest BCUT2D eigenvalue weighted by molar-refractivity contribution is 4.90. The summed E-state index contributed by atoms with van der Waals surface area (Å²) in [5.74, 6) is 0. The second kappa shape index (κ2) is 5.00. The Morgan fingerprint density at radius 3 is 3.00 bits per heavy atom. The SMILES string of the molecule is CC1(C)CNCC(O)CN1CC1CCCO1. The van der Waals surface area contributed by atoms with Crippen molar-refractivity contribution in [1.29, 1.82) is 0 Å². The van der Waals surface area contributed by atoms with E-state index in [1.807, 2.05) is 0 Å². The van der Waals surface area contributed by atoms with E-state index < -0.39 is 0 Å². The second-order valence-corrected chi connectivity index (χ2v) is 5.64. The van der Waals surface area contributed by atoms with Gasteiger partial charge in [0.1, 0.15) is 0 Å². The highest BCUT2D eigenvalue weighted by atomic mass is 16.5. The van der Waals surface area contributed by atoms with Crippen molar-refractivity contribution >= 4 is 0 Å². The number of nitrogens with one attached hydrogen (secondary N) is 1. The molecule has 0 saturated carbocycles. The summed E-state index contributed by atoms with van der Waals surface area (Å²) in [5.41, 5.74) is 0.101. The zero-order valence-corrected chi connectivity index (χ0v) is 10.4. The maximum atomic E-state index is 9.82. The predicted molar refractivity (Wildman–Crippen MR) is 63.5 cm³/mol. The number of β-amino-alcohol motifs (C(OH)–C–C–N with tert-alkyl or cyclic N) is 1. The van der Waals surface area contributed by atoms with E-state index in [-0.39, 0.29) is 11.6 Å². The van der Waals surface area contributed by atoms with E-state index in [9.17, 15) is 5.11 Å². The molecular formula is C12H24N2O2. The number of rotatable bonds is 2. The van der Waals surface area contributed by atoms with Crippen LogP contribution in [0.4, 0.5) is 0 Å². The number of nitrogens with zero attached hydrogens (tertiary/aromatic N) is 1. The first kappa shape index (κ1) is 12.3. The summed E-state index contributed by atoms with van der Waals surface area (Å²) >= 11 is 0. The minimum atomic E-state index is -0.261. The van der Waals surface area contributed by atoms with Crippen molar-refractivity contribution in [2.45, 2.75) is 44.4 Å². The Balaban J connectivity index is 1.96. The zero-order valence-electron chi connectivity index (χ0n) is 10.4. The van der Waals surface area contributed by atoms with Crippen LogP contribution in [-0.2, 0) is 4.74 Å². The number of hydrogen-bond donors (Lipinski definition) is 2. The third kappa shape index (κ3) is 2.94. The van der Waals surface area contributed by atoms with E-state index in [0.717, 1.165) is 32.7 Å². The molecule has 2 aliphatic rings. The average Bonchev–Trinajstić information content (AvgIpc) is 2.64. The highest BCUT2D eigenvalue weighted by Crippen LogP contribution is 2.21. The molecule has 0 aromatic heterocycles. The lowest BCUT2D eigenvalue weighted by atomic mass is 10.0. The Labute approximate surface area is 98.0 Å². The van der Waals surface area contributed by atoms with Gasteiger partial charge in [-0.1, -0.05) is 0 Å². The Kier molecular flexibility index (Phi) is 3.85. The summed E-state index contributed by atoms with van der Waals surface area (Å²) in [4.78, 5) is 2.37. The van der Waals surface area contributed by atoms with Crippen LogP contribution >= 0.6 is 0 Å². The summed E-state index contributed by atoms with van der Waals surface area (Å²) in [6, 6.07) is 0. The summed E-state index contributed by atoms with van der Waals surface area (Å²) in [7, 11) is 0. The Bertz CT molecular complexity index is 227. The lowest BCUT2D eigenvalue weighted by Crippen LogP contribution is -2.51. The van der Waals surface area contributed by atoms with Crippen molar-refractivity contribution < 1.29 is 9.84 Å². The van der Waals surface area contributed by atoms with Crippen LogP contribution in [0.3, 0.4) is 0 Å². The third-order valence-corrected chi connectivity index (χ3v) is 3.67. The van der Waals surface area contributed by atoms with Gasteiger partial charge in [0.15, 0.2) is 0 Å². The minimum Gasteiger partial charge on any atom is -0.390 e. The molecular weight excluding hydrogens is 204 g/mol. The number of aliphatic hydroxyl groups is 1. The van der Waals surface area contributed by atoms with Crippen LogP contribution in [0.15, 0.2) is 0 Å². The fourth-order valence-electron chi connectivity index (χ4n) is 2.58. The van der Waals surface area contributed by atoms with Crippen molar-refractivity contribution in [2.24, 2.45) is 0 Å². The van der Waals surface area contributed by atoms with Crippen LogP contribution in [0.1, 0.15) is 26.7 Å². The molecule has 4 nitrogen and oxygen atoms in total. The molecule has 16 heavy (non-hydrogen) atoms. The van der Waals surface area contributed by atoms with Crippen LogP contribution in [0.5, 0.6) is 0 Å². The first-order valence-electron chi connectivity index (χ1n) is 6.33. The smallest absolute Gasteiger partial charge is 0.0791 e. The molecule has 2 fully saturated rings. The van der Waals surface area contributed by atoms with Gasteiger partial charge in [-0.3, -0.25) is 4.90 Å². The second-order valence-electron chi connectivity index (χ2n) is 5.64. The molecule has 0 aliphatic carbocycles. The van der Waals surface area contributed by atoms with E-state index in [1.54, 1.807) is 0 Å². The molecule has 0 bridgehead atoms. The lowest BCUT2D eigenvalue weighted by Gasteiger charge is -2.38. The maximum absolute atomic E-state index is 9.82. The van der Waals surface area contributed by atoms with Crippen LogP contribution in [-0.4, -0.2) is 60.5 Å². The van der Waals surface area contributed by atoms with Gasteiger partial charge in [0.05, 0.1) is 12.2 Å². The molecule has 0 aromatic carbocycles. The molecule has 2 N–H and O–H groups in total. The van der Waals surface area contributed by atoms with Gasteiger partial charge in [-0.2, -0.15) is 0 Å². The molecule has 0 spiro atoms. The topological polar surface area (TPSA) is 44.7 Å². The van der Waals surface area contributed by atoms with Crippen LogP contribution in [0.25, 0.3) is 0 Å². The fourth-order valence-corrected chi connectivity index (χ4v) is 2.58. The van der Waals surface area contributed by atoms with Crippen LogP contribution < -0.4 is 5.32 Å². The summed E-state index contributed by atoms with van der Waals surface area (Å²) < 4.78 is 5.68. The van der Waals surface area contributed by atoms with E-state index >= 15 is 0 Å². The number of ether oxygens (including phenoxy) is 1. The third-order valence-electron chi connectivity index (χ3n) is 3.67. The largest absolute Gasteiger partial charge is 0.390 e. The molecule has 0 radical (unpaired) electrons. The normalized spacial score (nSPS) is 36.2. The molecule has 2 saturated heterocycles. The molecule has 2 heterocycles. The van der Waals surface area contributed by atoms with Gasteiger partial charge in [-0.05, 0) is 26.7 Å². The number of aliphatic hydroxyl groups excluding tert-OH is 1. The molecule has 2 aliphatic heterocycles. The van der Waals surface area contributed by atoms with Gasteiger partial charge in [0, 0.05) is 38.3 Å². The molecule has 94 valence electrons. The monoisotopic (exact) mass is 228 g/mol. The Morgan fingerprint density at radius 1 is 1.50 bits per heavy atom. The van der Waals surface area contributed by atoms with Crippen molar-refractivity contribution in [3.8, 4) is 0 Å². The van der Waals surface area contributed by atoms with Gasteiger partial charge >= 0.3 is 0 Å². The number of hydrogen-bond acceptors (Lipinski definition) is 4. The standard InChI is InChI=1S/C12H24N2O2/c1-12(2)9-13-6-10(15)7-14(12)8-11-4-3-5-16-11/h10-11,13,15H,3-9H2,1-2H3. The summed E-state index contributed by atoms with van der Waals surface area (Å²) in [6.45, 7) is 8.69. The fraction of sp³-hybridized carbons (Fsp3) is 1.00. The summed E-state index contributed by atoms with van der Waals surface area (Å²) in [5, 5.41) is 13.1. The van der Waals surface area contributed by atoms with Crippen molar-refractivity contribution in [3.05, 3.63) is 0 Å². The molecule has 2 rings (SSSR count). The Hall–Kier alpha value is -0.160. The Morgan fingerprint density at radius 2 is 2.31 bits per heavy atom.